The van der Waals surface area contributed by atoms with E-state index in [-0.39, 0.29) is 170 Å². The molecule has 5 atom stereocenters. The lowest BCUT2D eigenvalue weighted by Gasteiger charge is -2.29. The summed E-state index contributed by atoms with van der Waals surface area (Å²) in [4.78, 5) is 268. The SMILES string of the molecule is COC(=O)c1cc([N+](=O)[O-])ccc1C.COC(=O)c1cc([N+](=O)[O-])ccc1CBr.Cl.NC1CCC(=O)NC1=O.Nc1ccc2c(c1)C(=O)N(C1CCC(=O)NC1=O)C2.O=C(Cl)CC(=O)Cl.O=C1CCC(N2Cc3ccc(NC(=O)CC(=O)Nc4ccc5c(c4)C(=O)N(C4CCC(=O)NC4=O)C5)cc3C2=O)C(=O)N1.O=C1CCC(N2Cc3ccc([N+](=O)[O-])cc3C2=O)C(=O)N1. The van der Waals surface area contributed by atoms with Crippen LogP contribution in [0.3, 0.4) is 0 Å². The van der Waals surface area contributed by atoms with Crippen molar-refractivity contribution in [3.63, 3.8) is 0 Å². The number of nitro benzene ring substituents is 3. The van der Waals surface area contributed by atoms with Crippen LogP contribution < -0.4 is 48.7 Å². The standard InChI is InChI=1S/C29H26N6O8.C13H11N3O5.C13H13N3O3.C9H8BrNO4.C9H9NO4.C5H8N2O2.C3H2Cl2O2.ClH/c36-22-7-5-20(26(40)32-22)34-12-14-1-3-16(9-18(14)28(34)42)30-24(38)11-25(39)31-17-4-2-15-13-35(29(43)19(15)10-17)21-6-8-23(37)33-27(21)41;17-11-4-3-10(12(18)14-11)15-6-7-1-2-8(16(20)21)5-9(7)13(15)19;14-8-2-1-7-6-16(13(19)9(7)5-8)10-3-4-11(17)15-12(10)18;1-15-9(12)8-4-7(11(13)14)3-2-6(8)5-10;1-6-3-4-7(10(12)13)5-8(6)9(11)14-2;6-3-1-2-4(8)7-5(3)9;4-2(6)1-3(5)7;/h1-4,9-10,20-21H,5-8,11-13H2,(H,30,38)(H,31,39)(H,32,36,40)(H,33,37,41);1-2,5,10H,3-4,6H2,(H,14,17,18);1-2,5,10H,3-4,6,14H2,(H,15,17,18);2-4H,5H2,1H3;3-5H,1-2H3;3H,1-2,6H2,(H,7,8,9);1H2;1H. The van der Waals surface area contributed by atoms with Crippen LogP contribution in [0.25, 0.3) is 0 Å². The van der Waals surface area contributed by atoms with Gasteiger partial charge in [-0.15, -0.1) is 12.4 Å². The highest BCUT2D eigenvalue weighted by Crippen LogP contribution is 2.35. The summed E-state index contributed by atoms with van der Waals surface area (Å²) in [5.74, 6) is -7.68. The van der Waals surface area contributed by atoms with E-state index >= 15 is 0 Å². The summed E-state index contributed by atoms with van der Waals surface area (Å²) in [5, 5.41) is 47.0. The Balaban J connectivity index is 0.000000202. The molecular weight excluding hydrogens is 1830 g/mol. The van der Waals surface area contributed by atoms with Crippen LogP contribution in [-0.4, -0.2) is 196 Å². The van der Waals surface area contributed by atoms with Gasteiger partial charge in [-0.1, -0.05) is 46.3 Å². The maximum Gasteiger partial charge on any atom is 0.338 e. The molecule has 6 aromatic rings. The number of benzene rings is 6. The Morgan fingerprint density at radius 2 is 0.744 bits per heavy atom. The fourth-order valence-electron chi connectivity index (χ4n) is 14.0. The molecule has 129 heavy (non-hydrogen) atoms. The van der Waals surface area contributed by atoms with Crippen LogP contribution in [0.15, 0.2) is 109 Å². The molecule has 48 heteroatoms. The first-order valence-corrected chi connectivity index (χ1v) is 40.3. The van der Waals surface area contributed by atoms with E-state index < -0.39 is 115 Å². The number of rotatable bonds is 16. The molecule has 6 aromatic carbocycles. The topological polar surface area (TPSA) is 638 Å². The average Bonchev–Trinajstić information content (AvgIpc) is 1.64. The average molecular weight is 1910 g/mol. The zero-order valence-corrected chi connectivity index (χ0v) is 72.0. The van der Waals surface area contributed by atoms with E-state index in [9.17, 15) is 126 Å². The number of nitrogens with zero attached hydrogens (tertiary/aromatic N) is 7. The molecule has 0 aromatic heterocycles. The number of nitrogens with two attached hydrogens (primary N) is 2. The zero-order chi connectivity index (χ0) is 94.0. The lowest BCUT2D eigenvalue weighted by molar-refractivity contribution is -0.385. The summed E-state index contributed by atoms with van der Waals surface area (Å²) in [6.45, 7) is 2.70. The van der Waals surface area contributed by atoms with Gasteiger partial charge in [0.1, 0.15) is 30.6 Å². The number of aryl methyl sites for hydroxylation is 1. The Morgan fingerprint density at radius 1 is 0.434 bits per heavy atom. The Bertz CT molecular complexity index is 5570. The lowest BCUT2D eigenvalue weighted by Crippen LogP contribution is -2.52. The number of carbonyl (C=O) groups is 20. The molecule has 5 fully saturated rings. The normalized spacial score (nSPS) is 18.4. The first-order chi connectivity index (χ1) is 60.6. The quantitative estimate of drug-likeness (QED) is 0.00933. The van der Waals surface area contributed by atoms with Crippen molar-refractivity contribution in [3.05, 3.63) is 206 Å². The predicted octanol–water partition coefficient (Wildman–Crippen LogP) is 4.61. The molecule has 0 radical (unpaired) electrons. The summed E-state index contributed by atoms with van der Waals surface area (Å²) in [7, 11) is 2.47. The highest BCUT2D eigenvalue weighted by molar-refractivity contribution is 9.08. The second-order valence-corrected chi connectivity index (χ2v) is 30.5. The number of imide groups is 5. The van der Waals surface area contributed by atoms with E-state index in [2.05, 4.69) is 62.6 Å². The number of esters is 2. The summed E-state index contributed by atoms with van der Waals surface area (Å²) in [6.07, 6.45) is 1.76. The van der Waals surface area contributed by atoms with Crippen molar-refractivity contribution in [1.82, 2.24) is 46.2 Å². The number of amides is 16. The van der Waals surface area contributed by atoms with Crippen LogP contribution in [-0.2, 0) is 108 Å². The van der Waals surface area contributed by atoms with Crippen LogP contribution in [0, 0.1) is 37.3 Å². The number of nitro groups is 3. The monoisotopic (exact) mass is 1910 g/mol. The third kappa shape index (κ3) is 25.6. The molecule has 0 saturated carbocycles. The number of ether oxygens (including phenoxy) is 2. The number of piperidine rings is 5. The van der Waals surface area contributed by atoms with E-state index in [1.165, 1.54) is 101 Å². The minimum atomic E-state index is -0.755. The van der Waals surface area contributed by atoms with Crippen molar-refractivity contribution in [2.24, 2.45) is 5.73 Å². The second-order valence-electron chi connectivity index (χ2n) is 29.0. The van der Waals surface area contributed by atoms with Crippen LogP contribution >= 0.6 is 51.5 Å². The molecular formula is C81H78BrCl3N16O28. The molecule has 11 N–H and O–H groups in total. The van der Waals surface area contributed by atoms with E-state index in [1.54, 1.807) is 49.4 Å². The van der Waals surface area contributed by atoms with Crippen molar-refractivity contribution in [2.75, 3.05) is 30.6 Å². The second kappa shape index (κ2) is 44.5. The third-order valence-electron chi connectivity index (χ3n) is 20.5. The largest absolute Gasteiger partial charge is 0.465 e. The number of hydrogen-bond acceptors (Lipinski definition) is 30. The fourth-order valence-corrected chi connectivity index (χ4v) is 14.8. The number of carbonyl (C=O) groups excluding carboxylic acids is 20. The van der Waals surface area contributed by atoms with E-state index in [1.807, 2.05) is 0 Å². The van der Waals surface area contributed by atoms with Crippen molar-refractivity contribution >= 4 is 203 Å². The molecule has 44 nitrogen and oxygen atoms in total. The molecule has 0 aliphatic carbocycles. The zero-order valence-electron chi connectivity index (χ0n) is 68.1. The van der Waals surface area contributed by atoms with Gasteiger partial charge in [0.05, 0.1) is 58.1 Å². The van der Waals surface area contributed by atoms with Crippen molar-refractivity contribution < 1.29 is 120 Å². The maximum absolute atomic E-state index is 13.0. The van der Waals surface area contributed by atoms with Gasteiger partial charge >= 0.3 is 11.9 Å². The van der Waals surface area contributed by atoms with Gasteiger partial charge in [0.2, 0.25) is 81.4 Å². The number of nitrogens with one attached hydrogen (secondary N) is 7. The van der Waals surface area contributed by atoms with E-state index in [0.29, 0.717) is 92.7 Å². The summed E-state index contributed by atoms with van der Waals surface area (Å²) < 4.78 is 9.02. The number of nitrogen functional groups attached to an aromatic ring is 1. The summed E-state index contributed by atoms with van der Waals surface area (Å²) in [5.41, 5.74) is 17.7. The Morgan fingerprint density at radius 3 is 1.08 bits per heavy atom. The fraction of sp³-hybridized carbons (Fsp3) is 0.309. The smallest absolute Gasteiger partial charge is 0.338 e. The molecule has 0 spiro atoms. The van der Waals surface area contributed by atoms with Gasteiger partial charge in [-0.05, 0) is 138 Å². The number of anilines is 3. The van der Waals surface area contributed by atoms with Gasteiger partial charge < -0.3 is 51.2 Å². The van der Waals surface area contributed by atoms with Gasteiger partial charge in [-0.25, -0.2) is 9.59 Å². The molecule has 9 aliphatic rings. The van der Waals surface area contributed by atoms with Gasteiger partial charge in [0, 0.05) is 134 Å². The third-order valence-corrected chi connectivity index (χ3v) is 21.3. The highest BCUT2D eigenvalue weighted by Gasteiger charge is 2.44. The maximum atomic E-state index is 13.0. The van der Waals surface area contributed by atoms with Crippen molar-refractivity contribution in [1.29, 1.82) is 0 Å². The molecule has 678 valence electrons. The van der Waals surface area contributed by atoms with E-state index in [4.69, 9.17) is 34.7 Å². The van der Waals surface area contributed by atoms with Gasteiger partial charge in [-0.2, -0.15) is 0 Å². The predicted molar refractivity (Wildman–Crippen MR) is 453 cm³/mol. The Labute approximate surface area is 753 Å². The molecule has 0 bridgehead atoms. The van der Waals surface area contributed by atoms with Gasteiger partial charge in [0.15, 0.2) is 0 Å². The minimum absolute atomic E-state index is 0. The lowest BCUT2D eigenvalue weighted by atomic mass is 10.0. The molecule has 5 saturated heterocycles. The summed E-state index contributed by atoms with van der Waals surface area (Å²) >= 11 is 12.6. The van der Waals surface area contributed by atoms with Crippen LogP contribution in [0.2, 0.25) is 0 Å². The number of hydrogen-bond donors (Lipinski definition) is 9. The highest BCUT2D eigenvalue weighted by atomic mass is 79.9. The van der Waals surface area contributed by atoms with Crippen molar-refractivity contribution in [2.45, 2.75) is 146 Å². The number of non-ortho nitro benzene ring substituents is 3. The first-order valence-electron chi connectivity index (χ1n) is 38.4. The number of fused-ring (bicyclic) bond motifs is 4. The minimum Gasteiger partial charge on any atom is -0.465 e. The molecule has 16 amide bonds. The Kier molecular flexibility index (Phi) is 34.5. The van der Waals surface area contributed by atoms with E-state index in [0.717, 1.165) is 5.56 Å². The number of alkyl halides is 1. The summed E-state index contributed by atoms with van der Waals surface area (Å²) in [6, 6.07) is 23.6. The van der Waals surface area contributed by atoms with Gasteiger partial charge in [0.25, 0.3) is 40.7 Å². The molecule has 9 aliphatic heterocycles. The van der Waals surface area contributed by atoms with Crippen LogP contribution in [0.5, 0.6) is 0 Å². The van der Waals surface area contributed by atoms with Gasteiger partial charge in [-0.3, -0.25) is 143 Å². The van der Waals surface area contributed by atoms with Crippen LogP contribution in [0.4, 0.5) is 34.1 Å². The number of methoxy groups -OCH3 is 2. The Hall–Kier alpha value is -14.6. The molecule has 5 unspecified atom stereocenters. The van der Waals surface area contributed by atoms with Crippen molar-refractivity contribution in [3.8, 4) is 0 Å². The molecule has 9 heterocycles. The van der Waals surface area contributed by atoms with Crippen LogP contribution in [0.1, 0.15) is 173 Å². The number of halogens is 4. The first kappa shape index (κ1) is 99.8. The molecule has 15 rings (SSSR count).